The van der Waals surface area contributed by atoms with Gasteiger partial charge in [-0.2, -0.15) is 11.8 Å². The molecule has 3 unspecified atom stereocenters. The van der Waals surface area contributed by atoms with E-state index in [-0.39, 0.29) is 0 Å². The predicted molar refractivity (Wildman–Crippen MR) is 117 cm³/mol. The van der Waals surface area contributed by atoms with Gasteiger partial charge in [0.05, 0.1) is 0 Å². The fourth-order valence-electron chi connectivity index (χ4n) is 3.71. The molecule has 1 aliphatic carbocycles. The smallest absolute Gasteiger partial charge is 0.0137 e. The molecule has 0 amide bonds. The van der Waals surface area contributed by atoms with Crippen LogP contribution < -0.4 is 5.32 Å². The van der Waals surface area contributed by atoms with Gasteiger partial charge in [0.2, 0.25) is 0 Å². The van der Waals surface area contributed by atoms with Crippen molar-refractivity contribution in [2.45, 2.75) is 78.9 Å². The maximum Gasteiger partial charge on any atom is 0.0137 e. The van der Waals surface area contributed by atoms with Crippen molar-refractivity contribution in [1.82, 2.24) is 5.32 Å². The molecule has 25 heavy (non-hydrogen) atoms. The third kappa shape index (κ3) is 9.70. The summed E-state index contributed by atoms with van der Waals surface area (Å²) in [5.41, 5.74) is 4.62. The van der Waals surface area contributed by atoms with Crippen LogP contribution in [0.1, 0.15) is 73.6 Å². The zero-order chi connectivity index (χ0) is 18.7. The van der Waals surface area contributed by atoms with Crippen LogP contribution in [-0.4, -0.2) is 24.1 Å². The van der Waals surface area contributed by atoms with E-state index >= 15 is 0 Å². The van der Waals surface area contributed by atoms with Crippen LogP contribution in [0.15, 0.2) is 34.9 Å². The molecule has 1 rings (SSSR count). The van der Waals surface area contributed by atoms with Gasteiger partial charge in [0.25, 0.3) is 0 Å². The Labute approximate surface area is 161 Å². The second kappa shape index (κ2) is 12.8. The Bertz CT molecular complexity index is 457. The summed E-state index contributed by atoms with van der Waals surface area (Å²) < 4.78 is 0. The van der Waals surface area contributed by atoms with E-state index in [1.807, 2.05) is 0 Å². The molecule has 0 fully saturated rings. The van der Waals surface area contributed by atoms with E-state index in [4.69, 9.17) is 0 Å². The van der Waals surface area contributed by atoms with Crippen molar-refractivity contribution in [3.63, 3.8) is 0 Å². The van der Waals surface area contributed by atoms with Gasteiger partial charge in [-0.25, -0.2) is 0 Å². The first-order valence-corrected chi connectivity index (χ1v) is 11.3. The summed E-state index contributed by atoms with van der Waals surface area (Å²) in [4.78, 5) is 0. The Hall–Kier alpha value is -0.470. The highest BCUT2D eigenvalue weighted by Gasteiger charge is 2.27. The first kappa shape index (κ1) is 22.6. The molecule has 0 spiro atoms. The van der Waals surface area contributed by atoms with Crippen LogP contribution in [0.2, 0.25) is 0 Å². The van der Waals surface area contributed by atoms with Crippen molar-refractivity contribution < 1.29 is 0 Å². The average Bonchev–Trinajstić information content (AvgIpc) is 2.52. The number of rotatable bonds is 11. The number of nitrogens with one attached hydrogen (secondary N) is 1. The molecule has 0 bridgehead atoms. The first-order chi connectivity index (χ1) is 11.9. The summed E-state index contributed by atoms with van der Waals surface area (Å²) in [5.74, 6) is 2.78. The lowest BCUT2D eigenvalue weighted by molar-refractivity contribution is 0.443. The van der Waals surface area contributed by atoms with E-state index < -0.39 is 0 Å². The van der Waals surface area contributed by atoms with E-state index in [2.05, 4.69) is 76.8 Å². The minimum atomic E-state index is 0.729. The maximum absolute atomic E-state index is 3.59. The van der Waals surface area contributed by atoms with E-state index in [1.165, 1.54) is 49.0 Å². The molecule has 0 saturated carbocycles. The third-order valence-electron chi connectivity index (χ3n) is 5.01. The minimum absolute atomic E-state index is 0.729. The van der Waals surface area contributed by atoms with Crippen LogP contribution in [0.4, 0.5) is 0 Å². The van der Waals surface area contributed by atoms with E-state index in [1.54, 1.807) is 5.57 Å². The highest BCUT2D eigenvalue weighted by atomic mass is 32.2. The van der Waals surface area contributed by atoms with Crippen LogP contribution in [0.25, 0.3) is 0 Å². The van der Waals surface area contributed by atoms with E-state index in [9.17, 15) is 0 Å². The fourth-order valence-corrected chi connectivity index (χ4v) is 5.05. The lowest BCUT2D eigenvalue weighted by atomic mass is 9.82. The van der Waals surface area contributed by atoms with Crippen molar-refractivity contribution in [2.24, 2.45) is 11.8 Å². The first-order valence-electron chi connectivity index (χ1n) is 10.2. The molecular formula is C23H41NS. The normalized spacial score (nSPS) is 24.2. The van der Waals surface area contributed by atoms with E-state index in [0.29, 0.717) is 0 Å². The van der Waals surface area contributed by atoms with Gasteiger partial charge in [0.1, 0.15) is 0 Å². The molecule has 1 aliphatic rings. The topological polar surface area (TPSA) is 12.0 Å². The van der Waals surface area contributed by atoms with Crippen LogP contribution in [0, 0.1) is 11.8 Å². The minimum Gasteiger partial charge on any atom is -0.312 e. The fraction of sp³-hybridized carbons (Fsp3) is 0.739. The summed E-state index contributed by atoms with van der Waals surface area (Å²) >= 11 is 2.17. The molecule has 144 valence electrons. The van der Waals surface area contributed by atoms with Crippen molar-refractivity contribution in [1.29, 1.82) is 0 Å². The van der Waals surface area contributed by atoms with Crippen LogP contribution >= 0.6 is 11.8 Å². The zero-order valence-corrected chi connectivity index (χ0v) is 18.3. The Morgan fingerprint density at radius 3 is 2.64 bits per heavy atom. The van der Waals surface area contributed by atoms with Gasteiger partial charge < -0.3 is 5.32 Å². The highest BCUT2D eigenvalue weighted by Crippen LogP contribution is 2.37. The molecule has 0 saturated heterocycles. The second-order valence-electron chi connectivity index (χ2n) is 8.03. The molecular weight excluding hydrogens is 322 g/mol. The second-order valence-corrected chi connectivity index (χ2v) is 9.31. The van der Waals surface area contributed by atoms with Crippen LogP contribution in [0.5, 0.6) is 0 Å². The molecule has 3 atom stereocenters. The largest absolute Gasteiger partial charge is 0.312 e. The molecule has 0 radical (unpaired) electrons. The van der Waals surface area contributed by atoms with E-state index in [0.717, 1.165) is 30.2 Å². The molecule has 0 heterocycles. The number of allylic oxidation sites excluding steroid dienone is 5. The Kier molecular flexibility index (Phi) is 11.6. The van der Waals surface area contributed by atoms with Crippen LogP contribution in [0.3, 0.4) is 0 Å². The number of hydrogen-bond acceptors (Lipinski definition) is 2. The van der Waals surface area contributed by atoms with Gasteiger partial charge in [0, 0.05) is 24.1 Å². The maximum atomic E-state index is 3.59. The van der Waals surface area contributed by atoms with Gasteiger partial charge >= 0.3 is 0 Å². The molecule has 2 heteroatoms. The standard InChI is InChI=1S/C23H41NS/c1-7-9-22-16-20(5)23(21(6)17-22)25-15-14-24-13-12-19(4)11-8-10-18(2)3/h10,12,16,20-21,23-24H,7-9,11,13-15,17H2,1-6H3. The Morgan fingerprint density at radius 1 is 1.24 bits per heavy atom. The van der Waals surface area contributed by atoms with Gasteiger partial charge in [-0.3, -0.25) is 0 Å². The molecule has 1 N–H and O–H groups in total. The van der Waals surface area contributed by atoms with Crippen molar-refractivity contribution in [3.8, 4) is 0 Å². The Morgan fingerprint density at radius 2 is 2.00 bits per heavy atom. The lowest BCUT2D eigenvalue weighted by Gasteiger charge is -2.33. The quantitative estimate of drug-likeness (QED) is 0.321. The van der Waals surface area contributed by atoms with Gasteiger partial charge in [-0.05, 0) is 58.3 Å². The van der Waals surface area contributed by atoms with Gasteiger partial charge in [0.15, 0.2) is 0 Å². The molecule has 0 aliphatic heterocycles. The lowest BCUT2D eigenvalue weighted by Crippen LogP contribution is -2.28. The predicted octanol–water partition coefficient (Wildman–Crippen LogP) is 6.77. The monoisotopic (exact) mass is 363 g/mol. The summed E-state index contributed by atoms with van der Waals surface area (Å²) in [6, 6.07) is 0. The summed E-state index contributed by atoms with van der Waals surface area (Å²) in [6.45, 7) is 15.9. The van der Waals surface area contributed by atoms with Crippen LogP contribution in [-0.2, 0) is 0 Å². The average molecular weight is 364 g/mol. The van der Waals surface area contributed by atoms with Crippen molar-refractivity contribution in [2.75, 3.05) is 18.8 Å². The van der Waals surface area contributed by atoms with Crippen molar-refractivity contribution in [3.05, 3.63) is 34.9 Å². The number of hydrogen-bond donors (Lipinski definition) is 1. The molecule has 0 aromatic rings. The molecule has 1 nitrogen and oxygen atoms in total. The van der Waals surface area contributed by atoms with Gasteiger partial charge in [-0.1, -0.05) is 62.1 Å². The summed E-state index contributed by atoms with van der Waals surface area (Å²) in [6.07, 6.45) is 13.5. The van der Waals surface area contributed by atoms with Gasteiger partial charge in [-0.15, -0.1) is 0 Å². The van der Waals surface area contributed by atoms with Crippen molar-refractivity contribution >= 4 is 11.8 Å². The molecule has 0 aromatic carbocycles. The summed E-state index contributed by atoms with van der Waals surface area (Å²) in [5, 5.41) is 4.38. The molecule has 0 aromatic heterocycles. The zero-order valence-electron chi connectivity index (χ0n) is 17.5. The summed E-state index contributed by atoms with van der Waals surface area (Å²) in [7, 11) is 0. The highest BCUT2D eigenvalue weighted by molar-refractivity contribution is 7.99. The SMILES string of the molecule is CCCC1=CC(C)C(SCCNCC=C(C)CCC=C(C)C)C(C)C1. The number of thioether (sulfide) groups is 1. The third-order valence-corrected chi connectivity index (χ3v) is 6.73. The Balaban J connectivity index is 2.20.